The predicted octanol–water partition coefficient (Wildman–Crippen LogP) is 4.02. The summed E-state index contributed by atoms with van der Waals surface area (Å²) in [7, 11) is 0. The van der Waals surface area contributed by atoms with Crippen LogP contribution >= 0.6 is 15.9 Å². The van der Waals surface area contributed by atoms with Gasteiger partial charge in [0.2, 0.25) is 5.78 Å². The Morgan fingerprint density at radius 3 is 2.71 bits per heavy atom. The number of hydrogen-bond donors (Lipinski definition) is 0. The summed E-state index contributed by atoms with van der Waals surface area (Å²) in [6.45, 7) is 0. The van der Waals surface area contributed by atoms with Gasteiger partial charge in [0.25, 0.3) is 0 Å². The van der Waals surface area contributed by atoms with Crippen molar-refractivity contribution in [1.82, 2.24) is 0 Å². The predicted molar refractivity (Wildman–Crippen MR) is 66.1 cm³/mol. The van der Waals surface area contributed by atoms with Crippen LogP contribution in [0.25, 0.3) is 11.0 Å². The molecule has 1 aromatic carbocycles. The molecule has 0 fully saturated rings. The van der Waals surface area contributed by atoms with E-state index in [-0.39, 0.29) is 5.78 Å². The molecule has 2 heterocycles. The molecule has 0 aliphatic carbocycles. The second kappa shape index (κ2) is 3.89. The first-order valence-electron chi connectivity index (χ1n) is 5.02. The fourth-order valence-electron chi connectivity index (χ4n) is 1.68. The molecule has 3 aromatic rings. The standard InChI is InChI=1S/C13H7BrO3/c14-13-9(5-6-16-13)12(15)11-7-8-3-1-2-4-10(8)17-11/h1-7H. The molecule has 84 valence electrons. The zero-order valence-corrected chi connectivity index (χ0v) is 10.2. The van der Waals surface area contributed by atoms with Crippen molar-refractivity contribution in [1.29, 1.82) is 0 Å². The Bertz CT molecular complexity index is 660. The number of fused-ring (bicyclic) bond motifs is 1. The monoisotopic (exact) mass is 290 g/mol. The number of ketones is 1. The maximum Gasteiger partial charge on any atom is 0.232 e. The molecule has 0 saturated heterocycles. The quantitative estimate of drug-likeness (QED) is 0.670. The number of halogens is 1. The Balaban J connectivity index is 2.10. The summed E-state index contributed by atoms with van der Waals surface area (Å²) in [5.74, 6) is 0.120. The summed E-state index contributed by atoms with van der Waals surface area (Å²) in [5.41, 5.74) is 1.17. The number of furan rings is 2. The summed E-state index contributed by atoms with van der Waals surface area (Å²) < 4.78 is 11.0. The summed E-state index contributed by atoms with van der Waals surface area (Å²) in [6, 6.07) is 10.8. The van der Waals surface area contributed by atoms with Gasteiger partial charge in [0, 0.05) is 5.39 Å². The summed E-state index contributed by atoms with van der Waals surface area (Å²) in [6.07, 6.45) is 1.46. The van der Waals surface area contributed by atoms with Gasteiger partial charge in [0.05, 0.1) is 11.8 Å². The molecule has 0 atom stereocenters. The lowest BCUT2D eigenvalue weighted by Gasteiger charge is -1.92. The van der Waals surface area contributed by atoms with E-state index >= 15 is 0 Å². The van der Waals surface area contributed by atoms with E-state index in [2.05, 4.69) is 15.9 Å². The van der Waals surface area contributed by atoms with Crippen molar-refractivity contribution in [3.8, 4) is 0 Å². The first-order valence-corrected chi connectivity index (χ1v) is 5.81. The molecule has 0 bridgehead atoms. The number of benzene rings is 1. The van der Waals surface area contributed by atoms with Crippen LogP contribution in [0.3, 0.4) is 0 Å². The second-order valence-electron chi connectivity index (χ2n) is 3.59. The van der Waals surface area contributed by atoms with E-state index in [4.69, 9.17) is 8.83 Å². The van der Waals surface area contributed by atoms with Gasteiger partial charge in [0.15, 0.2) is 10.4 Å². The molecule has 0 N–H and O–H groups in total. The summed E-state index contributed by atoms with van der Waals surface area (Å²) >= 11 is 3.18. The zero-order valence-electron chi connectivity index (χ0n) is 8.64. The van der Waals surface area contributed by atoms with E-state index in [0.717, 1.165) is 5.39 Å². The molecular formula is C13H7BrO3. The highest BCUT2D eigenvalue weighted by molar-refractivity contribution is 9.10. The van der Waals surface area contributed by atoms with Gasteiger partial charge in [-0.3, -0.25) is 4.79 Å². The van der Waals surface area contributed by atoms with Crippen molar-refractivity contribution >= 4 is 32.7 Å². The maximum atomic E-state index is 12.1. The van der Waals surface area contributed by atoms with Crippen LogP contribution in [-0.4, -0.2) is 5.78 Å². The normalized spacial score (nSPS) is 10.9. The molecule has 3 rings (SSSR count). The van der Waals surface area contributed by atoms with Crippen LogP contribution in [0, 0.1) is 0 Å². The number of hydrogen-bond acceptors (Lipinski definition) is 3. The fourth-order valence-corrected chi connectivity index (χ4v) is 2.10. The Kier molecular flexibility index (Phi) is 2.37. The summed E-state index contributed by atoms with van der Waals surface area (Å²) in [5, 5.41) is 0.912. The van der Waals surface area contributed by atoms with Gasteiger partial charge in [-0.2, -0.15) is 0 Å². The van der Waals surface area contributed by atoms with Crippen LogP contribution in [0.4, 0.5) is 0 Å². The number of carbonyl (C=O) groups excluding carboxylic acids is 1. The molecule has 0 aliphatic rings. The fraction of sp³-hybridized carbons (Fsp3) is 0. The van der Waals surface area contributed by atoms with Gasteiger partial charge < -0.3 is 8.83 Å². The van der Waals surface area contributed by atoms with Gasteiger partial charge in [0.1, 0.15) is 5.58 Å². The molecule has 0 radical (unpaired) electrons. The van der Waals surface area contributed by atoms with Crippen molar-refractivity contribution in [2.45, 2.75) is 0 Å². The Labute approximate surface area is 105 Å². The Morgan fingerprint density at radius 2 is 2.00 bits per heavy atom. The third-order valence-electron chi connectivity index (χ3n) is 2.51. The van der Waals surface area contributed by atoms with Gasteiger partial charge in [-0.1, -0.05) is 18.2 Å². The lowest BCUT2D eigenvalue weighted by Crippen LogP contribution is -1.97. The van der Waals surface area contributed by atoms with Gasteiger partial charge >= 0.3 is 0 Å². The molecule has 2 aromatic heterocycles. The average Bonchev–Trinajstić information content (AvgIpc) is 2.93. The molecule has 0 amide bonds. The minimum Gasteiger partial charge on any atom is -0.457 e. The van der Waals surface area contributed by atoms with Crippen molar-refractivity contribution in [3.05, 3.63) is 58.7 Å². The molecule has 4 heteroatoms. The molecule has 0 aliphatic heterocycles. The summed E-state index contributed by atoms with van der Waals surface area (Å²) in [4.78, 5) is 12.1. The van der Waals surface area contributed by atoms with Crippen LogP contribution in [-0.2, 0) is 0 Å². The highest BCUT2D eigenvalue weighted by Gasteiger charge is 2.18. The second-order valence-corrected chi connectivity index (χ2v) is 4.31. The molecule has 17 heavy (non-hydrogen) atoms. The highest BCUT2D eigenvalue weighted by atomic mass is 79.9. The first kappa shape index (κ1) is 10.4. The highest BCUT2D eigenvalue weighted by Crippen LogP contribution is 2.25. The van der Waals surface area contributed by atoms with Crippen LogP contribution in [0.2, 0.25) is 0 Å². The van der Waals surface area contributed by atoms with Crippen LogP contribution in [0.5, 0.6) is 0 Å². The van der Waals surface area contributed by atoms with E-state index in [1.54, 1.807) is 12.1 Å². The van der Waals surface area contributed by atoms with Crippen molar-refractivity contribution in [3.63, 3.8) is 0 Å². The minimum atomic E-state index is -0.193. The van der Waals surface area contributed by atoms with E-state index in [0.29, 0.717) is 21.6 Å². The number of carbonyl (C=O) groups is 1. The maximum absolute atomic E-state index is 12.1. The lowest BCUT2D eigenvalue weighted by molar-refractivity contribution is 0.101. The van der Waals surface area contributed by atoms with Crippen LogP contribution in [0.1, 0.15) is 16.1 Å². The molecule has 0 saturated carbocycles. The van der Waals surface area contributed by atoms with Crippen LogP contribution < -0.4 is 0 Å². The van der Waals surface area contributed by atoms with Gasteiger partial charge in [-0.05, 0) is 34.1 Å². The molecular weight excluding hydrogens is 284 g/mol. The topological polar surface area (TPSA) is 43.4 Å². The molecule has 0 unspecified atom stereocenters. The van der Waals surface area contributed by atoms with Crippen molar-refractivity contribution < 1.29 is 13.6 Å². The van der Waals surface area contributed by atoms with Crippen LogP contribution in [0.15, 0.2) is 56.2 Å². The van der Waals surface area contributed by atoms with Gasteiger partial charge in [-0.15, -0.1) is 0 Å². The lowest BCUT2D eigenvalue weighted by atomic mass is 10.1. The average molecular weight is 291 g/mol. The number of para-hydroxylation sites is 1. The van der Waals surface area contributed by atoms with Crippen molar-refractivity contribution in [2.75, 3.05) is 0 Å². The van der Waals surface area contributed by atoms with Gasteiger partial charge in [-0.25, -0.2) is 0 Å². The zero-order chi connectivity index (χ0) is 11.8. The Morgan fingerprint density at radius 1 is 1.18 bits per heavy atom. The third kappa shape index (κ3) is 1.70. The van der Waals surface area contributed by atoms with Crippen molar-refractivity contribution in [2.24, 2.45) is 0 Å². The van der Waals surface area contributed by atoms with E-state index in [9.17, 15) is 4.79 Å². The van der Waals surface area contributed by atoms with E-state index < -0.39 is 0 Å². The molecule has 0 spiro atoms. The number of rotatable bonds is 2. The van der Waals surface area contributed by atoms with E-state index in [1.807, 2.05) is 24.3 Å². The minimum absolute atomic E-state index is 0.193. The van der Waals surface area contributed by atoms with E-state index in [1.165, 1.54) is 6.26 Å². The Hall–Kier alpha value is -1.81. The third-order valence-corrected chi connectivity index (χ3v) is 3.13. The molecule has 3 nitrogen and oxygen atoms in total. The first-order chi connectivity index (χ1) is 8.25. The SMILES string of the molecule is O=C(c1cc2ccccc2o1)c1ccoc1Br. The smallest absolute Gasteiger partial charge is 0.232 e. The largest absolute Gasteiger partial charge is 0.457 e.